The number of amides is 1. The van der Waals surface area contributed by atoms with Gasteiger partial charge in [-0.05, 0) is 62.3 Å². The van der Waals surface area contributed by atoms with E-state index in [1.165, 1.54) is 0 Å². The summed E-state index contributed by atoms with van der Waals surface area (Å²) in [5.41, 5.74) is -1.19. The van der Waals surface area contributed by atoms with Crippen LogP contribution in [0.4, 0.5) is 4.79 Å². The summed E-state index contributed by atoms with van der Waals surface area (Å²) in [5, 5.41) is 8.89. The molecule has 0 atom stereocenters. The monoisotopic (exact) mass is 406 g/mol. The summed E-state index contributed by atoms with van der Waals surface area (Å²) in [4.78, 5) is 16.4. The largest absolute Gasteiger partial charge is 0.444 e. The molecule has 27 heavy (non-hydrogen) atoms. The van der Waals surface area contributed by atoms with E-state index in [9.17, 15) is 13.2 Å². The lowest BCUT2D eigenvalue weighted by molar-refractivity contribution is 0.0476. The number of rotatable bonds is 7. The first-order valence-corrected chi connectivity index (χ1v) is 10.9. The van der Waals surface area contributed by atoms with Gasteiger partial charge < -0.3 is 20.7 Å². The minimum Gasteiger partial charge on any atom is -0.444 e. The van der Waals surface area contributed by atoms with Crippen LogP contribution < -0.4 is 16.0 Å². The molecule has 0 fully saturated rings. The molecule has 3 N–H and O–H groups in total. The van der Waals surface area contributed by atoms with Crippen molar-refractivity contribution in [1.29, 1.82) is 0 Å². The summed E-state index contributed by atoms with van der Waals surface area (Å²) in [6.07, 6.45) is -0.503. The first kappa shape index (κ1) is 25.5. The molecule has 0 unspecified atom stereocenters. The average molecular weight is 407 g/mol. The highest BCUT2D eigenvalue weighted by molar-refractivity contribution is 7.92. The number of nitrogens with zero attached hydrogens (tertiary/aromatic N) is 1. The standard InChI is InChI=1S/C18H38N4O4S/c1-10-19-14(20-11-12-27(24,25)17(5,6)7)21-13-18(8,9)22-15(23)26-16(2,3)4/h10-13H2,1-9H3,(H,22,23)(H2,19,20,21). The number of alkyl carbamates (subject to hydrolysis) is 1. The molecule has 0 rings (SSSR count). The van der Waals surface area contributed by atoms with Crippen molar-refractivity contribution in [3.8, 4) is 0 Å². The van der Waals surface area contributed by atoms with E-state index in [4.69, 9.17) is 4.74 Å². The van der Waals surface area contributed by atoms with Crippen molar-refractivity contribution in [1.82, 2.24) is 16.0 Å². The topological polar surface area (TPSA) is 109 Å². The first-order chi connectivity index (χ1) is 12.0. The van der Waals surface area contributed by atoms with Crippen LogP contribution in [-0.4, -0.2) is 61.7 Å². The van der Waals surface area contributed by atoms with Crippen LogP contribution in [-0.2, 0) is 14.6 Å². The minimum atomic E-state index is -3.20. The van der Waals surface area contributed by atoms with Gasteiger partial charge in [-0.1, -0.05) is 0 Å². The summed E-state index contributed by atoms with van der Waals surface area (Å²) >= 11 is 0. The maximum absolute atomic E-state index is 12.2. The zero-order valence-electron chi connectivity index (χ0n) is 18.3. The molecule has 0 heterocycles. The molecule has 0 aliphatic heterocycles. The summed E-state index contributed by atoms with van der Waals surface area (Å²) in [5.74, 6) is 0.515. The van der Waals surface area contributed by atoms with Gasteiger partial charge in [-0.25, -0.2) is 13.2 Å². The van der Waals surface area contributed by atoms with Gasteiger partial charge in [-0.2, -0.15) is 0 Å². The van der Waals surface area contributed by atoms with Crippen molar-refractivity contribution in [2.45, 2.75) is 78.2 Å². The number of carbonyl (C=O) groups is 1. The molecular formula is C18H38N4O4S. The number of ether oxygens (including phenoxy) is 1. The molecule has 0 saturated heterocycles. The second-order valence-electron chi connectivity index (χ2n) is 9.06. The molecule has 0 spiro atoms. The van der Waals surface area contributed by atoms with Crippen molar-refractivity contribution < 1.29 is 17.9 Å². The van der Waals surface area contributed by atoms with Crippen LogP contribution in [0.3, 0.4) is 0 Å². The number of aliphatic imine (C=N–C) groups is 1. The van der Waals surface area contributed by atoms with Crippen LogP contribution in [0, 0.1) is 0 Å². The molecular weight excluding hydrogens is 368 g/mol. The molecule has 0 aromatic carbocycles. The number of nitrogens with one attached hydrogen (secondary N) is 3. The molecule has 0 aromatic heterocycles. The summed E-state index contributed by atoms with van der Waals surface area (Å²) in [7, 11) is -3.20. The second kappa shape index (κ2) is 9.61. The molecule has 0 saturated carbocycles. The van der Waals surface area contributed by atoms with Gasteiger partial charge in [-0.15, -0.1) is 0 Å². The highest BCUT2D eigenvalue weighted by Gasteiger charge is 2.28. The fraction of sp³-hybridized carbons (Fsp3) is 0.889. The lowest BCUT2D eigenvalue weighted by Gasteiger charge is -2.27. The lowest BCUT2D eigenvalue weighted by atomic mass is 10.1. The quantitative estimate of drug-likeness (QED) is 0.441. The van der Waals surface area contributed by atoms with E-state index < -0.39 is 31.8 Å². The lowest BCUT2D eigenvalue weighted by Crippen LogP contribution is -2.49. The Kier molecular flexibility index (Phi) is 9.08. The van der Waals surface area contributed by atoms with Gasteiger partial charge in [0, 0.05) is 13.1 Å². The van der Waals surface area contributed by atoms with E-state index in [0.717, 1.165) is 0 Å². The Morgan fingerprint density at radius 1 is 1.00 bits per heavy atom. The Morgan fingerprint density at radius 2 is 1.56 bits per heavy atom. The van der Waals surface area contributed by atoms with E-state index in [1.807, 2.05) is 20.8 Å². The van der Waals surface area contributed by atoms with E-state index >= 15 is 0 Å². The van der Waals surface area contributed by atoms with Crippen molar-refractivity contribution in [3.05, 3.63) is 0 Å². The minimum absolute atomic E-state index is 0.0144. The molecule has 8 nitrogen and oxygen atoms in total. The third kappa shape index (κ3) is 11.0. The third-order valence-electron chi connectivity index (χ3n) is 3.41. The zero-order chi connectivity index (χ0) is 21.5. The SMILES string of the molecule is CCNC(=NCC(C)(C)NC(=O)OC(C)(C)C)NCCS(=O)(=O)C(C)(C)C. The van der Waals surface area contributed by atoms with Crippen LogP contribution >= 0.6 is 0 Å². The van der Waals surface area contributed by atoms with Crippen LogP contribution in [0.25, 0.3) is 0 Å². The van der Waals surface area contributed by atoms with Crippen LogP contribution in [0.1, 0.15) is 62.3 Å². The number of hydrogen-bond donors (Lipinski definition) is 3. The van der Waals surface area contributed by atoms with Gasteiger partial charge in [0.2, 0.25) is 0 Å². The molecule has 0 aromatic rings. The van der Waals surface area contributed by atoms with Gasteiger partial charge in [0.05, 0.1) is 22.6 Å². The van der Waals surface area contributed by atoms with E-state index in [1.54, 1.807) is 41.5 Å². The molecule has 160 valence electrons. The van der Waals surface area contributed by atoms with Gasteiger partial charge in [-0.3, -0.25) is 4.99 Å². The summed E-state index contributed by atoms with van der Waals surface area (Å²) in [6.45, 7) is 17.3. The van der Waals surface area contributed by atoms with Gasteiger partial charge in [0.15, 0.2) is 15.8 Å². The van der Waals surface area contributed by atoms with Crippen molar-refractivity contribution >= 4 is 21.9 Å². The van der Waals surface area contributed by atoms with Crippen molar-refractivity contribution in [2.75, 3.05) is 25.4 Å². The van der Waals surface area contributed by atoms with Crippen molar-refractivity contribution in [2.24, 2.45) is 4.99 Å². The van der Waals surface area contributed by atoms with Gasteiger partial charge in [0.25, 0.3) is 0 Å². The van der Waals surface area contributed by atoms with Crippen LogP contribution in [0.5, 0.6) is 0 Å². The number of guanidine groups is 1. The highest BCUT2D eigenvalue weighted by atomic mass is 32.2. The third-order valence-corrected chi connectivity index (χ3v) is 6.02. The van der Waals surface area contributed by atoms with Gasteiger partial charge in [0.1, 0.15) is 5.60 Å². The van der Waals surface area contributed by atoms with E-state index in [0.29, 0.717) is 19.0 Å². The molecule has 0 aliphatic carbocycles. The summed E-state index contributed by atoms with van der Waals surface area (Å²) < 4.78 is 28.8. The highest BCUT2D eigenvalue weighted by Crippen LogP contribution is 2.15. The second-order valence-corrected chi connectivity index (χ2v) is 11.9. The molecule has 0 bridgehead atoms. The maximum atomic E-state index is 12.2. The summed E-state index contributed by atoms with van der Waals surface area (Å²) in [6, 6.07) is 0. The zero-order valence-corrected chi connectivity index (χ0v) is 19.1. The van der Waals surface area contributed by atoms with Gasteiger partial charge >= 0.3 is 6.09 Å². The predicted octanol–water partition coefficient (Wildman–Crippen LogP) is 2.06. The van der Waals surface area contributed by atoms with E-state index in [-0.39, 0.29) is 12.3 Å². The fourth-order valence-electron chi connectivity index (χ4n) is 1.85. The predicted molar refractivity (Wildman–Crippen MR) is 111 cm³/mol. The van der Waals surface area contributed by atoms with E-state index in [2.05, 4.69) is 20.9 Å². The Labute approximate surface area is 164 Å². The Bertz CT molecular complexity index is 614. The molecule has 1 amide bonds. The Balaban J connectivity index is 4.81. The van der Waals surface area contributed by atoms with Crippen molar-refractivity contribution in [3.63, 3.8) is 0 Å². The number of sulfone groups is 1. The average Bonchev–Trinajstić information content (AvgIpc) is 2.40. The number of hydrogen-bond acceptors (Lipinski definition) is 5. The Hall–Kier alpha value is -1.51. The Morgan fingerprint density at radius 3 is 2.00 bits per heavy atom. The molecule has 0 radical (unpaired) electrons. The first-order valence-electron chi connectivity index (χ1n) is 9.25. The van der Waals surface area contributed by atoms with Crippen LogP contribution in [0.15, 0.2) is 4.99 Å². The molecule has 9 heteroatoms. The number of carbonyl (C=O) groups excluding carboxylic acids is 1. The van der Waals surface area contributed by atoms with Crippen LogP contribution in [0.2, 0.25) is 0 Å². The maximum Gasteiger partial charge on any atom is 0.408 e. The fourth-order valence-corrected chi connectivity index (χ4v) is 2.83. The smallest absolute Gasteiger partial charge is 0.408 e. The molecule has 0 aliphatic rings. The normalized spacial score (nSPS) is 13.9.